The summed E-state index contributed by atoms with van der Waals surface area (Å²) >= 11 is 0. The molecule has 0 unspecified atom stereocenters. The SMILES string of the molecule is O=c1ccc(F)cn1CCc1ccccc1. The first-order valence-corrected chi connectivity index (χ1v) is 5.15. The molecule has 2 rings (SSSR count). The monoisotopic (exact) mass is 217 g/mol. The van der Waals surface area contributed by atoms with Crippen molar-refractivity contribution in [1.82, 2.24) is 4.57 Å². The van der Waals surface area contributed by atoms with Crippen molar-refractivity contribution in [1.29, 1.82) is 0 Å². The zero-order valence-corrected chi connectivity index (χ0v) is 8.77. The van der Waals surface area contributed by atoms with E-state index in [4.69, 9.17) is 0 Å². The van der Waals surface area contributed by atoms with Crippen molar-refractivity contribution in [2.24, 2.45) is 0 Å². The molecule has 82 valence electrons. The van der Waals surface area contributed by atoms with E-state index < -0.39 is 0 Å². The molecule has 0 aliphatic rings. The summed E-state index contributed by atoms with van der Waals surface area (Å²) in [6, 6.07) is 12.3. The van der Waals surface area contributed by atoms with Crippen LogP contribution in [0, 0.1) is 5.82 Å². The van der Waals surface area contributed by atoms with E-state index in [1.807, 2.05) is 30.3 Å². The number of benzene rings is 1. The van der Waals surface area contributed by atoms with Crippen LogP contribution in [0.4, 0.5) is 4.39 Å². The summed E-state index contributed by atoms with van der Waals surface area (Å²) in [5.74, 6) is -0.382. The molecule has 0 atom stereocenters. The van der Waals surface area contributed by atoms with Crippen LogP contribution < -0.4 is 5.56 Å². The molecular formula is C13H12FNO. The first-order valence-electron chi connectivity index (χ1n) is 5.15. The number of rotatable bonds is 3. The highest BCUT2D eigenvalue weighted by atomic mass is 19.1. The van der Waals surface area contributed by atoms with Crippen LogP contribution in [0.5, 0.6) is 0 Å². The minimum absolute atomic E-state index is 0.169. The molecule has 0 radical (unpaired) electrons. The fraction of sp³-hybridized carbons (Fsp3) is 0.154. The van der Waals surface area contributed by atoms with Gasteiger partial charge in [-0.1, -0.05) is 30.3 Å². The van der Waals surface area contributed by atoms with E-state index in [2.05, 4.69) is 0 Å². The molecule has 0 fully saturated rings. The normalized spacial score (nSPS) is 10.3. The first kappa shape index (κ1) is 10.6. The Morgan fingerprint density at radius 3 is 2.56 bits per heavy atom. The summed E-state index contributed by atoms with van der Waals surface area (Å²) in [7, 11) is 0. The Morgan fingerprint density at radius 1 is 1.06 bits per heavy atom. The van der Waals surface area contributed by atoms with Crippen LogP contribution in [0.2, 0.25) is 0 Å². The molecule has 0 saturated carbocycles. The van der Waals surface area contributed by atoms with E-state index in [0.717, 1.165) is 12.0 Å². The van der Waals surface area contributed by atoms with Crippen molar-refractivity contribution in [3.63, 3.8) is 0 Å². The molecule has 2 nitrogen and oxygen atoms in total. The molecular weight excluding hydrogens is 205 g/mol. The lowest BCUT2D eigenvalue weighted by molar-refractivity contribution is 0.579. The van der Waals surface area contributed by atoms with Crippen LogP contribution in [0.1, 0.15) is 5.56 Å². The van der Waals surface area contributed by atoms with Crippen LogP contribution in [0.25, 0.3) is 0 Å². The maximum atomic E-state index is 12.9. The Kier molecular flexibility index (Phi) is 3.15. The Hall–Kier alpha value is -1.90. The van der Waals surface area contributed by atoms with Gasteiger partial charge in [0.1, 0.15) is 5.82 Å². The third kappa shape index (κ3) is 2.57. The number of aryl methyl sites for hydroxylation is 2. The highest BCUT2D eigenvalue weighted by molar-refractivity contribution is 5.14. The lowest BCUT2D eigenvalue weighted by Crippen LogP contribution is -2.19. The van der Waals surface area contributed by atoms with Crippen molar-refractivity contribution < 1.29 is 4.39 Å². The summed E-state index contributed by atoms with van der Waals surface area (Å²) in [6.45, 7) is 0.501. The fourth-order valence-corrected chi connectivity index (χ4v) is 1.57. The second-order valence-corrected chi connectivity index (χ2v) is 3.61. The second kappa shape index (κ2) is 4.75. The van der Waals surface area contributed by atoms with Crippen molar-refractivity contribution >= 4 is 0 Å². The lowest BCUT2D eigenvalue weighted by Gasteiger charge is -2.05. The van der Waals surface area contributed by atoms with Gasteiger partial charge in [0.25, 0.3) is 5.56 Å². The molecule has 3 heteroatoms. The van der Waals surface area contributed by atoms with Crippen LogP contribution in [-0.4, -0.2) is 4.57 Å². The van der Waals surface area contributed by atoms with E-state index in [0.29, 0.717) is 6.54 Å². The number of aromatic nitrogens is 1. The zero-order valence-electron chi connectivity index (χ0n) is 8.77. The topological polar surface area (TPSA) is 22.0 Å². The average molecular weight is 217 g/mol. The minimum atomic E-state index is -0.382. The number of pyridine rings is 1. The predicted molar refractivity (Wildman–Crippen MR) is 60.8 cm³/mol. The van der Waals surface area contributed by atoms with E-state index in [1.54, 1.807) is 0 Å². The summed E-state index contributed by atoms with van der Waals surface area (Å²) < 4.78 is 14.3. The molecule has 1 aromatic carbocycles. The Morgan fingerprint density at radius 2 is 1.81 bits per heavy atom. The molecule has 2 aromatic rings. The first-order chi connectivity index (χ1) is 7.75. The smallest absolute Gasteiger partial charge is 0.250 e. The zero-order chi connectivity index (χ0) is 11.4. The third-order valence-electron chi connectivity index (χ3n) is 2.43. The van der Waals surface area contributed by atoms with Gasteiger partial charge in [-0.05, 0) is 18.1 Å². The highest BCUT2D eigenvalue weighted by Crippen LogP contribution is 2.01. The second-order valence-electron chi connectivity index (χ2n) is 3.61. The maximum absolute atomic E-state index is 12.9. The van der Waals surface area contributed by atoms with Crippen LogP contribution >= 0.6 is 0 Å². The highest BCUT2D eigenvalue weighted by Gasteiger charge is 1.98. The molecule has 0 N–H and O–H groups in total. The molecule has 0 aliphatic heterocycles. The van der Waals surface area contributed by atoms with Crippen molar-refractivity contribution in [3.8, 4) is 0 Å². The largest absolute Gasteiger partial charge is 0.312 e. The lowest BCUT2D eigenvalue weighted by atomic mass is 10.1. The van der Waals surface area contributed by atoms with Gasteiger partial charge in [0.2, 0.25) is 0 Å². The summed E-state index contributed by atoms with van der Waals surface area (Å²) in [6.07, 6.45) is 1.97. The average Bonchev–Trinajstić information content (AvgIpc) is 2.32. The molecule has 16 heavy (non-hydrogen) atoms. The summed E-state index contributed by atoms with van der Waals surface area (Å²) in [5.41, 5.74) is 0.969. The van der Waals surface area contributed by atoms with Crippen molar-refractivity contribution in [3.05, 3.63) is 70.4 Å². The number of hydrogen-bond donors (Lipinski definition) is 0. The molecule has 0 bridgehead atoms. The van der Waals surface area contributed by atoms with Crippen molar-refractivity contribution in [2.75, 3.05) is 0 Å². The Labute approximate surface area is 93.0 Å². The summed E-state index contributed by atoms with van der Waals surface area (Å²) in [4.78, 5) is 11.4. The number of halogens is 1. The maximum Gasteiger partial charge on any atom is 0.250 e. The standard InChI is InChI=1S/C13H12FNO/c14-12-6-7-13(16)15(10-12)9-8-11-4-2-1-3-5-11/h1-7,10H,8-9H2. The van der Waals surface area contributed by atoms with Gasteiger partial charge in [-0.25, -0.2) is 4.39 Å². The predicted octanol–water partition coefficient (Wildman–Crippen LogP) is 2.23. The van der Waals surface area contributed by atoms with Gasteiger partial charge in [-0.2, -0.15) is 0 Å². The Bertz CT molecular complexity index is 519. The van der Waals surface area contributed by atoms with E-state index >= 15 is 0 Å². The van der Waals surface area contributed by atoms with Crippen LogP contribution in [0.3, 0.4) is 0 Å². The molecule has 0 saturated heterocycles. The van der Waals surface area contributed by atoms with Gasteiger partial charge in [-0.15, -0.1) is 0 Å². The van der Waals surface area contributed by atoms with Gasteiger partial charge in [0.15, 0.2) is 0 Å². The molecule has 0 amide bonds. The van der Waals surface area contributed by atoms with Crippen LogP contribution in [-0.2, 0) is 13.0 Å². The van der Waals surface area contributed by atoms with Gasteiger partial charge in [-0.3, -0.25) is 4.79 Å². The number of hydrogen-bond acceptors (Lipinski definition) is 1. The molecule has 0 spiro atoms. The summed E-state index contributed by atoms with van der Waals surface area (Å²) in [5, 5.41) is 0. The quantitative estimate of drug-likeness (QED) is 0.772. The van der Waals surface area contributed by atoms with Crippen molar-refractivity contribution in [2.45, 2.75) is 13.0 Å². The van der Waals surface area contributed by atoms with Gasteiger partial charge in [0, 0.05) is 18.8 Å². The molecule has 1 heterocycles. The fourth-order valence-electron chi connectivity index (χ4n) is 1.57. The van der Waals surface area contributed by atoms with Gasteiger partial charge >= 0.3 is 0 Å². The number of nitrogens with zero attached hydrogens (tertiary/aromatic N) is 1. The van der Waals surface area contributed by atoms with E-state index in [9.17, 15) is 9.18 Å². The molecule has 1 aromatic heterocycles. The van der Waals surface area contributed by atoms with Gasteiger partial charge in [0.05, 0.1) is 0 Å². The Balaban J connectivity index is 2.11. The minimum Gasteiger partial charge on any atom is -0.312 e. The van der Waals surface area contributed by atoms with E-state index in [-0.39, 0.29) is 11.4 Å². The van der Waals surface area contributed by atoms with E-state index in [1.165, 1.54) is 22.9 Å². The van der Waals surface area contributed by atoms with Crippen LogP contribution in [0.15, 0.2) is 53.5 Å². The third-order valence-corrected chi connectivity index (χ3v) is 2.43. The van der Waals surface area contributed by atoms with Gasteiger partial charge < -0.3 is 4.57 Å². The molecule has 0 aliphatic carbocycles.